The molecule has 7 heteroatoms. The van der Waals surface area contributed by atoms with Crippen molar-refractivity contribution in [1.82, 2.24) is 15.1 Å². The van der Waals surface area contributed by atoms with Crippen LogP contribution < -0.4 is 10.1 Å². The minimum absolute atomic E-state index is 0.0613. The normalized spacial score (nSPS) is 18.8. The van der Waals surface area contributed by atoms with E-state index < -0.39 is 0 Å². The molecule has 6 nitrogen and oxygen atoms in total. The number of ether oxygens (including phenoxy) is 1. The molecule has 2 fully saturated rings. The van der Waals surface area contributed by atoms with Gasteiger partial charge in [0.25, 0.3) is 0 Å². The largest absolute Gasteiger partial charge is 0.493 e. The molecule has 1 aromatic heterocycles. The summed E-state index contributed by atoms with van der Waals surface area (Å²) >= 11 is 1.54. The van der Waals surface area contributed by atoms with Crippen LogP contribution in [0.1, 0.15) is 55.9 Å². The molecule has 4 rings (SSSR count). The molecule has 0 radical (unpaired) electrons. The summed E-state index contributed by atoms with van der Waals surface area (Å²) in [6.45, 7) is 2.21. The van der Waals surface area contributed by atoms with E-state index in [1.807, 2.05) is 35.2 Å². The number of likely N-dealkylation sites (tertiary alicyclic amines) is 1. The van der Waals surface area contributed by atoms with Gasteiger partial charge in [-0.15, -0.1) is 10.2 Å². The number of urea groups is 1. The number of nitrogens with one attached hydrogen (secondary N) is 1. The number of nitrogens with zero attached hydrogens (tertiary/aromatic N) is 3. The fourth-order valence-electron chi connectivity index (χ4n) is 4.00. The highest BCUT2D eigenvalue weighted by Crippen LogP contribution is 2.35. The van der Waals surface area contributed by atoms with Crippen molar-refractivity contribution in [3.05, 3.63) is 35.3 Å². The third-order valence-corrected chi connectivity index (χ3v) is 6.74. The fourth-order valence-corrected chi connectivity index (χ4v) is 4.91. The van der Waals surface area contributed by atoms with Gasteiger partial charge in [-0.25, -0.2) is 4.79 Å². The van der Waals surface area contributed by atoms with Gasteiger partial charge in [0.2, 0.25) is 5.13 Å². The van der Waals surface area contributed by atoms with Gasteiger partial charge in [0, 0.05) is 19.0 Å². The molecule has 0 unspecified atom stereocenters. The minimum atomic E-state index is -0.0613. The number of hydrogen-bond donors (Lipinski definition) is 1. The van der Waals surface area contributed by atoms with Crippen molar-refractivity contribution in [2.75, 3.05) is 25.0 Å². The van der Waals surface area contributed by atoms with Gasteiger partial charge in [0.05, 0.1) is 6.61 Å². The Kier molecular flexibility index (Phi) is 6.41. The maximum absolute atomic E-state index is 12.6. The average molecular weight is 401 g/mol. The molecule has 150 valence electrons. The summed E-state index contributed by atoms with van der Waals surface area (Å²) in [6.07, 6.45) is 8.19. The van der Waals surface area contributed by atoms with Crippen molar-refractivity contribution in [3.63, 3.8) is 0 Å². The summed E-state index contributed by atoms with van der Waals surface area (Å²) in [5.74, 6) is 1.92. The fraction of sp³-hybridized carbons (Fsp3) is 0.571. The number of amides is 2. The number of carbonyl (C=O) groups is 1. The number of hydrogen-bond acceptors (Lipinski definition) is 5. The molecule has 1 aliphatic heterocycles. The van der Waals surface area contributed by atoms with Gasteiger partial charge in [-0.05, 0) is 43.7 Å². The summed E-state index contributed by atoms with van der Waals surface area (Å²) in [5.41, 5.74) is 0. The first-order chi connectivity index (χ1) is 13.8. The maximum Gasteiger partial charge on any atom is 0.323 e. The first-order valence-electron chi connectivity index (χ1n) is 10.3. The standard InChI is InChI=1S/C21H28N4O2S/c26-21(22-20-24-23-19(28-20)17-7-3-1-4-8-17)25-13-11-16(12-14-25)15-27-18-9-5-2-6-10-18/h2,5-6,9-10,16-17H,1,3-4,7-8,11-15H2,(H,22,24,26). The van der Waals surface area contributed by atoms with Crippen LogP contribution in [0, 0.1) is 5.92 Å². The summed E-state index contributed by atoms with van der Waals surface area (Å²) in [6, 6.07) is 9.84. The molecule has 2 aromatic rings. The van der Waals surface area contributed by atoms with Crippen LogP contribution in [0.2, 0.25) is 0 Å². The molecular formula is C21H28N4O2S. The van der Waals surface area contributed by atoms with Crippen LogP contribution in [-0.2, 0) is 0 Å². The molecule has 0 bridgehead atoms. The zero-order valence-electron chi connectivity index (χ0n) is 16.2. The van der Waals surface area contributed by atoms with Crippen molar-refractivity contribution >= 4 is 22.5 Å². The summed E-state index contributed by atoms with van der Waals surface area (Å²) in [4.78, 5) is 14.4. The molecule has 28 heavy (non-hydrogen) atoms. The highest BCUT2D eigenvalue weighted by molar-refractivity contribution is 7.15. The van der Waals surface area contributed by atoms with Gasteiger partial charge in [0.15, 0.2) is 0 Å². The second kappa shape index (κ2) is 9.37. The zero-order valence-corrected chi connectivity index (χ0v) is 17.0. The summed E-state index contributed by atoms with van der Waals surface area (Å²) < 4.78 is 5.86. The smallest absolute Gasteiger partial charge is 0.323 e. The Bertz CT molecular complexity index is 753. The van der Waals surface area contributed by atoms with Gasteiger partial charge in [-0.3, -0.25) is 5.32 Å². The minimum Gasteiger partial charge on any atom is -0.493 e. The van der Waals surface area contributed by atoms with Crippen LogP contribution >= 0.6 is 11.3 Å². The molecule has 1 aliphatic carbocycles. The van der Waals surface area contributed by atoms with Gasteiger partial charge >= 0.3 is 6.03 Å². The molecule has 2 aliphatic rings. The maximum atomic E-state index is 12.6. The van der Waals surface area contributed by atoms with E-state index in [2.05, 4.69) is 15.5 Å². The summed E-state index contributed by atoms with van der Waals surface area (Å²) in [7, 11) is 0. The van der Waals surface area contributed by atoms with Crippen LogP contribution in [0.25, 0.3) is 0 Å². The second-order valence-corrected chi connectivity index (χ2v) is 8.77. The number of anilines is 1. The molecule has 1 aromatic carbocycles. The number of piperidine rings is 1. The van der Waals surface area contributed by atoms with Crippen molar-refractivity contribution in [1.29, 1.82) is 0 Å². The third-order valence-electron chi connectivity index (χ3n) is 5.74. The SMILES string of the molecule is O=C(Nc1nnc(C2CCCCC2)s1)N1CCC(COc2ccccc2)CC1. The highest BCUT2D eigenvalue weighted by Gasteiger charge is 2.25. The molecule has 1 saturated heterocycles. The van der Waals surface area contributed by atoms with E-state index in [0.29, 0.717) is 23.6 Å². The van der Waals surface area contributed by atoms with Crippen molar-refractivity contribution < 1.29 is 9.53 Å². The number of aromatic nitrogens is 2. The lowest BCUT2D eigenvalue weighted by Gasteiger charge is -2.31. The summed E-state index contributed by atoms with van der Waals surface area (Å²) in [5, 5.41) is 13.2. The van der Waals surface area contributed by atoms with E-state index in [-0.39, 0.29) is 6.03 Å². The molecule has 0 spiro atoms. The number of rotatable bonds is 5. The number of carbonyl (C=O) groups excluding carboxylic acids is 1. The van der Waals surface area contributed by atoms with Crippen LogP contribution in [0.5, 0.6) is 5.75 Å². The van der Waals surface area contributed by atoms with Gasteiger partial charge < -0.3 is 9.64 Å². The molecule has 0 atom stereocenters. The number of benzene rings is 1. The Balaban J connectivity index is 1.21. The Morgan fingerprint density at radius 2 is 1.82 bits per heavy atom. The predicted octanol–water partition coefficient (Wildman–Crippen LogP) is 4.91. The van der Waals surface area contributed by atoms with E-state index in [9.17, 15) is 4.79 Å². The van der Waals surface area contributed by atoms with E-state index in [4.69, 9.17) is 4.74 Å². The topological polar surface area (TPSA) is 67.4 Å². The monoisotopic (exact) mass is 400 g/mol. The Morgan fingerprint density at radius 1 is 1.07 bits per heavy atom. The molecule has 2 heterocycles. The Morgan fingerprint density at radius 3 is 2.57 bits per heavy atom. The van der Waals surface area contributed by atoms with Crippen molar-refractivity contribution in [3.8, 4) is 5.75 Å². The number of para-hydroxylation sites is 1. The van der Waals surface area contributed by atoms with E-state index in [1.165, 1.54) is 43.4 Å². The second-order valence-electron chi connectivity index (χ2n) is 7.77. The van der Waals surface area contributed by atoms with Crippen LogP contribution in [0.4, 0.5) is 9.93 Å². The molecule has 1 N–H and O–H groups in total. The van der Waals surface area contributed by atoms with Gasteiger partial charge in [0.1, 0.15) is 10.8 Å². The van der Waals surface area contributed by atoms with Gasteiger partial charge in [-0.1, -0.05) is 48.8 Å². The van der Waals surface area contributed by atoms with Crippen molar-refractivity contribution in [2.24, 2.45) is 5.92 Å². The first kappa shape index (κ1) is 19.2. The Hall–Kier alpha value is -2.15. The van der Waals surface area contributed by atoms with E-state index in [1.54, 1.807) is 0 Å². The van der Waals surface area contributed by atoms with Crippen LogP contribution in [0.15, 0.2) is 30.3 Å². The molecule has 1 saturated carbocycles. The lowest BCUT2D eigenvalue weighted by molar-refractivity contribution is 0.152. The van der Waals surface area contributed by atoms with Crippen LogP contribution in [-0.4, -0.2) is 40.8 Å². The average Bonchev–Trinajstić information content (AvgIpc) is 3.22. The quantitative estimate of drug-likeness (QED) is 0.774. The van der Waals surface area contributed by atoms with Crippen molar-refractivity contribution in [2.45, 2.75) is 50.9 Å². The lowest BCUT2D eigenvalue weighted by Crippen LogP contribution is -2.42. The van der Waals surface area contributed by atoms with E-state index >= 15 is 0 Å². The van der Waals surface area contributed by atoms with E-state index in [0.717, 1.165) is 36.7 Å². The lowest BCUT2D eigenvalue weighted by atomic mass is 9.90. The highest BCUT2D eigenvalue weighted by atomic mass is 32.1. The van der Waals surface area contributed by atoms with Gasteiger partial charge in [-0.2, -0.15) is 0 Å². The molecule has 2 amide bonds. The van der Waals surface area contributed by atoms with Crippen LogP contribution in [0.3, 0.4) is 0 Å². The Labute approximate surface area is 170 Å². The molecular weight excluding hydrogens is 372 g/mol. The third kappa shape index (κ3) is 5.01. The zero-order chi connectivity index (χ0) is 19.2. The predicted molar refractivity (Wildman–Crippen MR) is 111 cm³/mol. The first-order valence-corrected chi connectivity index (χ1v) is 11.2.